The monoisotopic (exact) mass is 504 g/mol. The molecule has 0 radical (unpaired) electrons. The minimum Gasteiger partial charge on any atom is -0.478 e. The summed E-state index contributed by atoms with van der Waals surface area (Å²) in [5.41, 5.74) is 1.10. The van der Waals surface area contributed by atoms with Gasteiger partial charge in [-0.15, -0.1) is 13.2 Å². The maximum Gasteiger partial charge on any atom is 0.573 e. The van der Waals surface area contributed by atoms with E-state index in [9.17, 15) is 18.0 Å². The van der Waals surface area contributed by atoms with Crippen LogP contribution >= 0.6 is 0 Å². The molecule has 0 bridgehead atoms. The topological polar surface area (TPSA) is 63.2 Å². The number of carbonyl (C=O) groups is 1. The second-order valence-corrected chi connectivity index (χ2v) is 8.70. The van der Waals surface area contributed by atoms with Crippen LogP contribution in [0.3, 0.4) is 0 Å². The van der Waals surface area contributed by atoms with Gasteiger partial charge in [-0.05, 0) is 66.4 Å². The quantitative estimate of drug-likeness (QED) is 0.283. The predicted octanol–water partition coefficient (Wildman–Crippen LogP) is 7.41. The molecule has 0 heterocycles. The fraction of sp³-hybridized carbons (Fsp3) is 0.296. The number of halogens is 3. The standard InChI is InChI=1S/C27H27F3O6/c1-5-32-25(31)17-33-23-15-14-22(34-19-10-12-21(13-11-19)36-27(28,29)30)16-24(23)35-20-8-6-18(7-9-20)26(2,3)4/h6-16H,5,17H2,1-4H3. The zero-order valence-electron chi connectivity index (χ0n) is 20.3. The number of rotatable bonds is 9. The molecule has 0 amide bonds. The molecule has 0 atom stereocenters. The van der Waals surface area contributed by atoms with Crippen molar-refractivity contribution in [3.63, 3.8) is 0 Å². The minimum absolute atomic E-state index is 0.0269. The molecule has 0 N–H and O–H groups in total. The molecule has 0 aliphatic rings. The molecule has 3 aromatic rings. The third-order valence-corrected chi connectivity index (χ3v) is 4.81. The zero-order chi connectivity index (χ0) is 26.3. The van der Waals surface area contributed by atoms with Crippen molar-refractivity contribution in [3.05, 3.63) is 72.3 Å². The smallest absolute Gasteiger partial charge is 0.478 e. The Morgan fingerprint density at radius 3 is 1.89 bits per heavy atom. The Morgan fingerprint density at radius 2 is 1.31 bits per heavy atom. The minimum atomic E-state index is -4.78. The molecule has 0 saturated carbocycles. The highest BCUT2D eigenvalue weighted by atomic mass is 19.4. The van der Waals surface area contributed by atoms with Gasteiger partial charge in [-0.25, -0.2) is 4.79 Å². The molecule has 0 spiro atoms. The number of esters is 1. The molecule has 6 nitrogen and oxygen atoms in total. The van der Waals surface area contributed by atoms with Crippen LogP contribution in [0.4, 0.5) is 13.2 Å². The highest BCUT2D eigenvalue weighted by Crippen LogP contribution is 2.37. The number of benzene rings is 3. The third kappa shape index (κ3) is 8.11. The van der Waals surface area contributed by atoms with Crippen LogP contribution in [0.1, 0.15) is 33.3 Å². The number of alkyl halides is 3. The van der Waals surface area contributed by atoms with Gasteiger partial charge in [0.1, 0.15) is 23.0 Å². The van der Waals surface area contributed by atoms with E-state index in [1.54, 1.807) is 25.1 Å². The average molecular weight is 505 g/mol. The van der Waals surface area contributed by atoms with Crippen LogP contribution in [0.2, 0.25) is 0 Å². The van der Waals surface area contributed by atoms with Crippen LogP contribution in [0.25, 0.3) is 0 Å². The summed E-state index contributed by atoms with van der Waals surface area (Å²) >= 11 is 0. The molecule has 0 unspecified atom stereocenters. The maximum absolute atomic E-state index is 12.4. The lowest BCUT2D eigenvalue weighted by molar-refractivity contribution is -0.274. The molecule has 0 aliphatic heterocycles. The van der Waals surface area contributed by atoms with Crippen molar-refractivity contribution >= 4 is 5.97 Å². The van der Waals surface area contributed by atoms with Crippen molar-refractivity contribution in [2.24, 2.45) is 0 Å². The lowest BCUT2D eigenvalue weighted by Crippen LogP contribution is -2.16. The van der Waals surface area contributed by atoms with Crippen molar-refractivity contribution in [1.82, 2.24) is 0 Å². The molecule has 0 aromatic heterocycles. The molecule has 192 valence electrons. The first kappa shape index (κ1) is 26.7. The van der Waals surface area contributed by atoms with Crippen LogP contribution in [-0.4, -0.2) is 25.5 Å². The number of hydrogen-bond donors (Lipinski definition) is 0. The number of carbonyl (C=O) groups excluding carboxylic acids is 1. The summed E-state index contributed by atoms with van der Waals surface area (Å²) in [6, 6.07) is 17.2. The predicted molar refractivity (Wildman–Crippen MR) is 127 cm³/mol. The summed E-state index contributed by atoms with van der Waals surface area (Å²) in [6.45, 7) is 7.92. The van der Waals surface area contributed by atoms with E-state index in [-0.39, 0.29) is 41.6 Å². The van der Waals surface area contributed by atoms with E-state index in [1.165, 1.54) is 12.1 Å². The van der Waals surface area contributed by atoms with Gasteiger partial charge in [-0.3, -0.25) is 0 Å². The van der Waals surface area contributed by atoms with Gasteiger partial charge in [-0.1, -0.05) is 32.9 Å². The Hall–Kier alpha value is -3.88. The summed E-state index contributed by atoms with van der Waals surface area (Å²) in [6.07, 6.45) is -4.78. The first-order valence-corrected chi connectivity index (χ1v) is 11.2. The Labute approximate surface area is 207 Å². The lowest BCUT2D eigenvalue weighted by Gasteiger charge is -2.19. The first-order chi connectivity index (χ1) is 16.9. The van der Waals surface area contributed by atoms with Gasteiger partial charge >= 0.3 is 12.3 Å². The van der Waals surface area contributed by atoms with Gasteiger partial charge in [0.05, 0.1) is 6.61 Å². The normalized spacial score (nSPS) is 11.5. The van der Waals surface area contributed by atoms with E-state index < -0.39 is 12.3 Å². The van der Waals surface area contributed by atoms with Crippen LogP contribution in [0.15, 0.2) is 66.7 Å². The molecule has 36 heavy (non-hydrogen) atoms. The molecule has 9 heteroatoms. The van der Waals surface area contributed by atoms with E-state index in [0.29, 0.717) is 11.5 Å². The molecular weight excluding hydrogens is 477 g/mol. The lowest BCUT2D eigenvalue weighted by atomic mass is 9.87. The van der Waals surface area contributed by atoms with E-state index >= 15 is 0 Å². The van der Waals surface area contributed by atoms with Crippen LogP contribution in [0, 0.1) is 0 Å². The van der Waals surface area contributed by atoms with E-state index in [4.69, 9.17) is 18.9 Å². The average Bonchev–Trinajstić information content (AvgIpc) is 2.79. The van der Waals surface area contributed by atoms with Gasteiger partial charge in [-0.2, -0.15) is 0 Å². The first-order valence-electron chi connectivity index (χ1n) is 11.2. The number of hydrogen-bond acceptors (Lipinski definition) is 6. The largest absolute Gasteiger partial charge is 0.573 e. The highest BCUT2D eigenvalue weighted by molar-refractivity contribution is 5.71. The Morgan fingerprint density at radius 1 is 0.750 bits per heavy atom. The van der Waals surface area contributed by atoms with Crippen molar-refractivity contribution in [2.75, 3.05) is 13.2 Å². The summed E-state index contributed by atoms with van der Waals surface area (Å²) in [5.74, 6) is 0.825. The fourth-order valence-electron chi connectivity index (χ4n) is 3.09. The van der Waals surface area contributed by atoms with Gasteiger partial charge in [0, 0.05) is 6.07 Å². The molecule has 0 aliphatic carbocycles. The Kier molecular flexibility index (Phi) is 8.34. The Bertz CT molecular complexity index is 1150. The number of ether oxygens (including phenoxy) is 5. The van der Waals surface area contributed by atoms with Gasteiger partial charge in [0.25, 0.3) is 0 Å². The van der Waals surface area contributed by atoms with Crippen molar-refractivity contribution in [1.29, 1.82) is 0 Å². The second-order valence-electron chi connectivity index (χ2n) is 8.70. The molecular formula is C27H27F3O6. The molecule has 0 fully saturated rings. The summed E-state index contributed by atoms with van der Waals surface area (Å²) in [4.78, 5) is 11.7. The molecule has 0 saturated heterocycles. The second kappa shape index (κ2) is 11.2. The van der Waals surface area contributed by atoms with Crippen LogP contribution in [-0.2, 0) is 14.9 Å². The van der Waals surface area contributed by atoms with Crippen molar-refractivity contribution < 1.29 is 41.7 Å². The summed E-state index contributed by atoms with van der Waals surface area (Å²) < 4.78 is 63.3. The van der Waals surface area contributed by atoms with Crippen molar-refractivity contribution in [2.45, 2.75) is 39.5 Å². The SMILES string of the molecule is CCOC(=O)COc1ccc(Oc2ccc(OC(F)(F)F)cc2)cc1Oc1ccc(C(C)(C)C)cc1. The van der Waals surface area contributed by atoms with Gasteiger partial charge in [0.15, 0.2) is 18.1 Å². The van der Waals surface area contributed by atoms with Crippen molar-refractivity contribution in [3.8, 4) is 34.5 Å². The summed E-state index contributed by atoms with van der Waals surface area (Å²) in [5, 5.41) is 0. The molecule has 3 aromatic carbocycles. The Balaban J connectivity index is 1.81. The maximum atomic E-state index is 12.4. The van der Waals surface area contributed by atoms with E-state index in [1.807, 2.05) is 24.3 Å². The third-order valence-electron chi connectivity index (χ3n) is 4.81. The highest BCUT2D eigenvalue weighted by Gasteiger charge is 2.31. The zero-order valence-corrected chi connectivity index (χ0v) is 20.3. The molecule has 3 rings (SSSR count). The van der Waals surface area contributed by atoms with Gasteiger partial charge < -0.3 is 23.7 Å². The summed E-state index contributed by atoms with van der Waals surface area (Å²) in [7, 11) is 0. The van der Waals surface area contributed by atoms with Crippen LogP contribution in [0.5, 0.6) is 34.5 Å². The fourth-order valence-corrected chi connectivity index (χ4v) is 3.09. The van der Waals surface area contributed by atoms with Crippen LogP contribution < -0.4 is 18.9 Å². The van der Waals surface area contributed by atoms with E-state index in [0.717, 1.165) is 17.7 Å². The van der Waals surface area contributed by atoms with Gasteiger partial charge in [0.2, 0.25) is 0 Å². The van der Waals surface area contributed by atoms with E-state index in [2.05, 4.69) is 25.5 Å².